The Kier molecular flexibility index (Phi) is 3.71. The normalized spacial score (nSPS) is 12.8. The smallest absolute Gasteiger partial charge is 0.164 e. The van der Waals surface area contributed by atoms with Crippen molar-refractivity contribution in [2.75, 3.05) is 0 Å². The zero-order chi connectivity index (χ0) is 14.3. The van der Waals surface area contributed by atoms with Crippen LogP contribution in [0.5, 0.6) is 0 Å². The van der Waals surface area contributed by atoms with E-state index in [1.165, 1.54) is 0 Å². The lowest BCUT2D eigenvalue weighted by atomic mass is 10.3. The molecule has 6 heteroatoms. The molecule has 20 heavy (non-hydrogen) atoms. The maximum atomic E-state index is 6.26. The van der Waals surface area contributed by atoms with Crippen LogP contribution in [0.4, 0.5) is 0 Å². The number of halogens is 3. The van der Waals surface area contributed by atoms with Crippen LogP contribution < -0.4 is 0 Å². The molecule has 0 bridgehead atoms. The first kappa shape index (κ1) is 13.9. The van der Waals surface area contributed by atoms with E-state index in [1.807, 2.05) is 41.8 Å². The molecule has 1 atom stereocenters. The highest BCUT2D eigenvalue weighted by atomic mass is 79.9. The van der Waals surface area contributed by atoms with Crippen molar-refractivity contribution in [3.05, 3.63) is 51.8 Å². The molecule has 0 saturated carbocycles. The Bertz CT molecular complexity index is 783. The monoisotopic (exact) mass is 369 g/mol. The second-order valence-corrected chi connectivity index (χ2v) is 6.20. The summed E-state index contributed by atoms with van der Waals surface area (Å²) < 4.78 is 2.73. The Morgan fingerprint density at radius 1 is 1.25 bits per heavy atom. The Morgan fingerprint density at radius 2 is 2.05 bits per heavy atom. The van der Waals surface area contributed by atoms with Crippen molar-refractivity contribution in [2.45, 2.75) is 12.3 Å². The van der Waals surface area contributed by atoms with Gasteiger partial charge in [0, 0.05) is 6.20 Å². The van der Waals surface area contributed by atoms with E-state index in [0.717, 1.165) is 27.1 Å². The van der Waals surface area contributed by atoms with Crippen LogP contribution in [0.3, 0.4) is 0 Å². The number of nitrogens with zero attached hydrogens (tertiary/aromatic N) is 3. The zero-order valence-corrected chi connectivity index (χ0v) is 13.6. The van der Waals surface area contributed by atoms with Gasteiger partial charge in [0.2, 0.25) is 0 Å². The summed E-state index contributed by atoms with van der Waals surface area (Å²) in [5, 5.41) is 0.392. The standard InChI is InChI=1S/C14H10BrCl2N3/c1-8(16)13-19-10-5-3-7-18-14(10)20(13)11-6-2-4-9(17)12(11)15/h2-8H,1H3. The Labute approximate surface area is 134 Å². The van der Waals surface area contributed by atoms with Gasteiger partial charge in [-0.25, -0.2) is 9.97 Å². The van der Waals surface area contributed by atoms with Crippen molar-refractivity contribution < 1.29 is 0 Å². The van der Waals surface area contributed by atoms with E-state index in [-0.39, 0.29) is 5.38 Å². The van der Waals surface area contributed by atoms with Gasteiger partial charge in [-0.1, -0.05) is 17.7 Å². The number of alkyl halides is 1. The van der Waals surface area contributed by atoms with Crippen LogP contribution in [0.15, 0.2) is 41.0 Å². The molecule has 0 amide bonds. The molecule has 0 aliphatic rings. The van der Waals surface area contributed by atoms with E-state index < -0.39 is 0 Å². The molecule has 0 aliphatic carbocycles. The lowest BCUT2D eigenvalue weighted by molar-refractivity contribution is 0.874. The first-order chi connectivity index (χ1) is 9.59. The molecule has 0 spiro atoms. The number of rotatable bonds is 2. The van der Waals surface area contributed by atoms with E-state index in [4.69, 9.17) is 23.2 Å². The minimum absolute atomic E-state index is 0.241. The highest BCUT2D eigenvalue weighted by Gasteiger charge is 2.19. The molecule has 1 unspecified atom stereocenters. The zero-order valence-electron chi connectivity index (χ0n) is 10.5. The summed E-state index contributed by atoms with van der Waals surface area (Å²) in [7, 11) is 0. The third-order valence-electron chi connectivity index (χ3n) is 2.97. The number of aromatic nitrogens is 3. The quantitative estimate of drug-likeness (QED) is 0.585. The van der Waals surface area contributed by atoms with Crippen molar-refractivity contribution in [1.29, 1.82) is 0 Å². The number of hydrogen-bond acceptors (Lipinski definition) is 2. The molecule has 2 aromatic heterocycles. The molecule has 0 aliphatic heterocycles. The van der Waals surface area contributed by atoms with Gasteiger partial charge in [-0.3, -0.25) is 4.57 Å². The minimum Gasteiger partial charge on any atom is -0.278 e. The van der Waals surface area contributed by atoms with Crippen LogP contribution in [0.2, 0.25) is 5.02 Å². The molecule has 0 saturated heterocycles. The van der Waals surface area contributed by atoms with Crippen molar-refractivity contribution in [1.82, 2.24) is 14.5 Å². The second-order valence-electron chi connectivity index (χ2n) is 4.34. The van der Waals surface area contributed by atoms with E-state index in [2.05, 4.69) is 25.9 Å². The first-order valence-corrected chi connectivity index (χ1v) is 7.62. The molecule has 0 fully saturated rings. The Balaban J connectivity index is 2.39. The van der Waals surface area contributed by atoms with Gasteiger partial charge in [0.15, 0.2) is 5.65 Å². The van der Waals surface area contributed by atoms with Crippen molar-refractivity contribution in [3.63, 3.8) is 0 Å². The van der Waals surface area contributed by atoms with Gasteiger partial charge < -0.3 is 0 Å². The molecule has 2 heterocycles. The van der Waals surface area contributed by atoms with Crippen molar-refractivity contribution in [3.8, 4) is 5.69 Å². The summed E-state index contributed by atoms with van der Waals surface area (Å²) >= 11 is 16.0. The van der Waals surface area contributed by atoms with Crippen LogP contribution in [0, 0.1) is 0 Å². The SMILES string of the molecule is CC(Cl)c1nc2cccnc2n1-c1cccc(Cl)c1Br. The third-order valence-corrected chi connectivity index (χ3v) is 4.54. The maximum Gasteiger partial charge on any atom is 0.164 e. The van der Waals surface area contributed by atoms with E-state index in [9.17, 15) is 0 Å². The summed E-state index contributed by atoms with van der Waals surface area (Å²) in [6.45, 7) is 1.89. The molecule has 1 aromatic carbocycles. The van der Waals surface area contributed by atoms with E-state index in [0.29, 0.717) is 5.02 Å². The largest absolute Gasteiger partial charge is 0.278 e. The highest BCUT2D eigenvalue weighted by molar-refractivity contribution is 9.10. The average Bonchev–Trinajstić information content (AvgIpc) is 2.81. The molecular formula is C14H10BrCl2N3. The van der Waals surface area contributed by atoms with Crippen LogP contribution >= 0.6 is 39.1 Å². The van der Waals surface area contributed by atoms with Gasteiger partial charge >= 0.3 is 0 Å². The fraction of sp³-hybridized carbons (Fsp3) is 0.143. The number of fused-ring (bicyclic) bond motifs is 1. The molecular weight excluding hydrogens is 361 g/mol. The molecule has 102 valence electrons. The summed E-state index contributed by atoms with van der Waals surface area (Å²) in [5.74, 6) is 0.739. The predicted octanol–water partition coefficient (Wildman–Crippen LogP) is 5.14. The summed E-state index contributed by atoms with van der Waals surface area (Å²) in [6.07, 6.45) is 1.74. The van der Waals surface area contributed by atoms with Crippen LogP contribution in [0.25, 0.3) is 16.9 Å². The fourth-order valence-corrected chi connectivity index (χ4v) is 2.86. The number of benzene rings is 1. The second kappa shape index (κ2) is 5.35. The summed E-state index contributed by atoms with van der Waals surface area (Å²) in [4.78, 5) is 8.97. The van der Waals surface area contributed by atoms with Gasteiger partial charge in [0.25, 0.3) is 0 Å². The Morgan fingerprint density at radius 3 is 2.80 bits per heavy atom. The molecule has 3 nitrogen and oxygen atoms in total. The van der Waals surface area contributed by atoms with Gasteiger partial charge in [-0.05, 0) is 47.1 Å². The van der Waals surface area contributed by atoms with Gasteiger partial charge in [-0.2, -0.15) is 0 Å². The van der Waals surface area contributed by atoms with Gasteiger partial charge in [0.1, 0.15) is 11.3 Å². The van der Waals surface area contributed by atoms with Crippen molar-refractivity contribution in [2.24, 2.45) is 0 Å². The van der Waals surface area contributed by atoms with Crippen LogP contribution in [-0.2, 0) is 0 Å². The summed E-state index contributed by atoms with van der Waals surface area (Å²) in [5.41, 5.74) is 2.45. The topological polar surface area (TPSA) is 30.7 Å². The fourth-order valence-electron chi connectivity index (χ4n) is 2.10. The average molecular weight is 371 g/mol. The van der Waals surface area contributed by atoms with Gasteiger partial charge in [-0.15, -0.1) is 11.6 Å². The van der Waals surface area contributed by atoms with Crippen molar-refractivity contribution >= 4 is 50.3 Å². The first-order valence-electron chi connectivity index (χ1n) is 6.01. The summed E-state index contributed by atoms with van der Waals surface area (Å²) in [6, 6.07) is 9.44. The number of hydrogen-bond donors (Lipinski definition) is 0. The molecule has 0 N–H and O–H groups in total. The number of pyridine rings is 1. The minimum atomic E-state index is -0.241. The predicted molar refractivity (Wildman–Crippen MR) is 85.8 cm³/mol. The van der Waals surface area contributed by atoms with E-state index >= 15 is 0 Å². The lowest BCUT2D eigenvalue weighted by Gasteiger charge is -2.12. The highest BCUT2D eigenvalue weighted by Crippen LogP contribution is 2.34. The molecule has 0 radical (unpaired) electrons. The lowest BCUT2D eigenvalue weighted by Crippen LogP contribution is -2.03. The number of imidazole rings is 1. The molecule has 3 aromatic rings. The van der Waals surface area contributed by atoms with Crippen LogP contribution in [0.1, 0.15) is 18.1 Å². The van der Waals surface area contributed by atoms with Crippen LogP contribution in [-0.4, -0.2) is 14.5 Å². The van der Waals surface area contributed by atoms with Gasteiger partial charge in [0.05, 0.1) is 20.6 Å². The molecule has 3 rings (SSSR count). The maximum absolute atomic E-state index is 6.26. The van der Waals surface area contributed by atoms with E-state index in [1.54, 1.807) is 6.20 Å². The Hall–Kier alpha value is -1.10. The third kappa shape index (κ3) is 2.22.